The monoisotopic (exact) mass is 287 g/mol. The van der Waals surface area contributed by atoms with Crippen molar-refractivity contribution in [2.75, 3.05) is 0 Å². The average molecular weight is 287 g/mol. The Morgan fingerprint density at radius 3 is 2.62 bits per heavy atom. The van der Waals surface area contributed by atoms with Gasteiger partial charge in [-0.3, -0.25) is 0 Å². The Labute approximate surface area is 120 Å². The maximum absolute atomic E-state index is 13.7. The van der Waals surface area contributed by atoms with Crippen molar-refractivity contribution in [3.05, 3.63) is 53.0 Å². The molecule has 21 heavy (non-hydrogen) atoms. The van der Waals surface area contributed by atoms with E-state index in [1.807, 2.05) is 13.8 Å². The summed E-state index contributed by atoms with van der Waals surface area (Å²) in [5.74, 6) is 1.08. The first-order valence-electron chi connectivity index (χ1n) is 6.64. The van der Waals surface area contributed by atoms with E-state index in [4.69, 9.17) is 8.94 Å². The van der Waals surface area contributed by atoms with Gasteiger partial charge in [0, 0.05) is 12.0 Å². The van der Waals surface area contributed by atoms with Crippen molar-refractivity contribution in [1.82, 2.24) is 15.4 Å². The molecule has 108 valence electrons. The quantitative estimate of drug-likeness (QED) is 0.737. The van der Waals surface area contributed by atoms with Crippen LogP contribution in [0.25, 0.3) is 11.5 Å². The van der Waals surface area contributed by atoms with Gasteiger partial charge in [0.05, 0.1) is 11.3 Å². The summed E-state index contributed by atoms with van der Waals surface area (Å²) in [4.78, 5) is 0. The molecule has 0 bridgehead atoms. The van der Waals surface area contributed by atoms with E-state index in [0.717, 1.165) is 17.0 Å². The molecule has 0 N–H and O–H groups in total. The van der Waals surface area contributed by atoms with Gasteiger partial charge in [0.25, 0.3) is 5.89 Å². The van der Waals surface area contributed by atoms with Crippen LogP contribution in [0, 0.1) is 19.7 Å². The molecular formula is C15H14FN3O2. The fourth-order valence-corrected chi connectivity index (χ4v) is 2.19. The van der Waals surface area contributed by atoms with E-state index in [-0.39, 0.29) is 11.7 Å². The molecule has 5 nitrogen and oxygen atoms in total. The second-order valence-electron chi connectivity index (χ2n) is 4.78. The topological polar surface area (TPSA) is 65.0 Å². The van der Waals surface area contributed by atoms with Gasteiger partial charge >= 0.3 is 0 Å². The SMILES string of the molecule is Cc1noc(C)c1CCc1nnc(-c2ccccc2F)o1. The Bertz CT molecular complexity index is 744. The van der Waals surface area contributed by atoms with Gasteiger partial charge in [-0.25, -0.2) is 4.39 Å². The molecule has 0 aliphatic rings. The Hall–Kier alpha value is -2.50. The molecule has 0 spiro atoms. The average Bonchev–Trinajstić information content (AvgIpc) is 3.05. The third-order valence-corrected chi connectivity index (χ3v) is 3.34. The molecule has 0 aliphatic heterocycles. The Morgan fingerprint density at radius 1 is 1.10 bits per heavy atom. The first-order valence-corrected chi connectivity index (χ1v) is 6.64. The summed E-state index contributed by atoms with van der Waals surface area (Å²) in [5.41, 5.74) is 2.22. The van der Waals surface area contributed by atoms with Crippen LogP contribution in [0.3, 0.4) is 0 Å². The summed E-state index contributed by atoms with van der Waals surface area (Å²) < 4.78 is 24.3. The zero-order chi connectivity index (χ0) is 14.8. The number of nitrogens with zero attached hydrogens (tertiary/aromatic N) is 3. The van der Waals surface area contributed by atoms with Crippen molar-refractivity contribution in [2.24, 2.45) is 0 Å². The highest BCUT2D eigenvalue weighted by atomic mass is 19.1. The van der Waals surface area contributed by atoms with Gasteiger partial charge in [0.15, 0.2) is 0 Å². The maximum Gasteiger partial charge on any atom is 0.250 e. The molecule has 0 radical (unpaired) electrons. The minimum atomic E-state index is -0.376. The van der Waals surface area contributed by atoms with Gasteiger partial charge in [-0.1, -0.05) is 17.3 Å². The number of halogens is 1. The van der Waals surface area contributed by atoms with Gasteiger partial charge in [-0.2, -0.15) is 0 Å². The van der Waals surface area contributed by atoms with Gasteiger partial charge < -0.3 is 8.94 Å². The predicted octanol–water partition coefficient (Wildman–Crippen LogP) is 3.27. The van der Waals surface area contributed by atoms with Gasteiger partial charge in [0.1, 0.15) is 11.6 Å². The number of benzene rings is 1. The Morgan fingerprint density at radius 2 is 1.90 bits per heavy atom. The Kier molecular flexibility index (Phi) is 3.51. The van der Waals surface area contributed by atoms with Crippen LogP contribution in [0.1, 0.15) is 22.9 Å². The van der Waals surface area contributed by atoms with Gasteiger partial charge in [0.2, 0.25) is 5.89 Å². The van der Waals surface area contributed by atoms with Crippen molar-refractivity contribution in [2.45, 2.75) is 26.7 Å². The molecule has 6 heteroatoms. The lowest BCUT2D eigenvalue weighted by Crippen LogP contribution is -1.94. The predicted molar refractivity (Wildman–Crippen MR) is 73.1 cm³/mol. The van der Waals surface area contributed by atoms with E-state index in [0.29, 0.717) is 24.3 Å². The number of aromatic nitrogens is 3. The van der Waals surface area contributed by atoms with E-state index in [2.05, 4.69) is 15.4 Å². The molecule has 0 unspecified atom stereocenters. The summed E-state index contributed by atoms with van der Waals surface area (Å²) >= 11 is 0. The zero-order valence-corrected chi connectivity index (χ0v) is 11.8. The molecule has 0 aliphatic carbocycles. The zero-order valence-electron chi connectivity index (χ0n) is 11.8. The van der Waals surface area contributed by atoms with E-state index >= 15 is 0 Å². The highest BCUT2D eigenvalue weighted by molar-refractivity contribution is 5.53. The molecule has 2 heterocycles. The third-order valence-electron chi connectivity index (χ3n) is 3.34. The molecule has 0 amide bonds. The van der Waals surface area contributed by atoms with Gasteiger partial charge in [-0.05, 0) is 32.4 Å². The van der Waals surface area contributed by atoms with Crippen LogP contribution in [0.2, 0.25) is 0 Å². The van der Waals surface area contributed by atoms with E-state index in [1.54, 1.807) is 18.2 Å². The van der Waals surface area contributed by atoms with Crippen LogP contribution in [0.5, 0.6) is 0 Å². The Balaban J connectivity index is 1.76. The van der Waals surface area contributed by atoms with Crippen LogP contribution < -0.4 is 0 Å². The maximum atomic E-state index is 13.7. The molecule has 3 aromatic rings. The molecule has 2 aromatic heterocycles. The van der Waals surface area contributed by atoms with E-state index in [1.165, 1.54) is 6.07 Å². The molecule has 0 saturated heterocycles. The standard InChI is InChI=1S/C15H14FN3O2/c1-9-11(10(2)21-19-9)7-8-14-17-18-15(20-14)12-5-3-4-6-13(12)16/h3-6H,7-8H2,1-2H3. The van der Waals surface area contributed by atoms with Crippen molar-refractivity contribution >= 4 is 0 Å². The van der Waals surface area contributed by atoms with Crippen LogP contribution >= 0.6 is 0 Å². The largest absolute Gasteiger partial charge is 0.421 e. The molecule has 0 saturated carbocycles. The smallest absolute Gasteiger partial charge is 0.250 e. The second kappa shape index (κ2) is 5.47. The first-order chi connectivity index (χ1) is 10.1. The number of aryl methyl sites for hydroxylation is 3. The van der Waals surface area contributed by atoms with E-state index in [9.17, 15) is 4.39 Å². The molecule has 3 rings (SSSR count). The van der Waals surface area contributed by atoms with Crippen LogP contribution in [0.4, 0.5) is 4.39 Å². The summed E-state index contributed by atoms with van der Waals surface area (Å²) in [6.45, 7) is 3.76. The second-order valence-corrected chi connectivity index (χ2v) is 4.78. The van der Waals surface area contributed by atoms with Crippen molar-refractivity contribution in [3.8, 4) is 11.5 Å². The minimum Gasteiger partial charge on any atom is -0.421 e. The highest BCUT2D eigenvalue weighted by Crippen LogP contribution is 2.22. The van der Waals surface area contributed by atoms with Crippen LogP contribution in [-0.4, -0.2) is 15.4 Å². The number of hydrogen-bond acceptors (Lipinski definition) is 5. The summed E-state index contributed by atoms with van der Waals surface area (Å²) in [6, 6.07) is 6.32. The normalized spacial score (nSPS) is 11.0. The summed E-state index contributed by atoms with van der Waals surface area (Å²) in [7, 11) is 0. The van der Waals surface area contributed by atoms with Crippen molar-refractivity contribution < 1.29 is 13.3 Å². The summed E-state index contributed by atoms with van der Waals surface area (Å²) in [6.07, 6.45) is 1.25. The number of rotatable bonds is 4. The van der Waals surface area contributed by atoms with Crippen LogP contribution in [-0.2, 0) is 12.8 Å². The fourth-order valence-electron chi connectivity index (χ4n) is 2.19. The van der Waals surface area contributed by atoms with E-state index < -0.39 is 0 Å². The first kappa shape index (κ1) is 13.5. The van der Waals surface area contributed by atoms with Crippen molar-refractivity contribution in [1.29, 1.82) is 0 Å². The van der Waals surface area contributed by atoms with Gasteiger partial charge in [-0.15, -0.1) is 10.2 Å². The lowest BCUT2D eigenvalue weighted by Gasteiger charge is -1.97. The minimum absolute atomic E-state index is 0.196. The van der Waals surface area contributed by atoms with Crippen LogP contribution in [0.15, 0.2) is 33.2 Å². The number of hydrogen-bond donors (Lipinski definition) is 0. The molecular weight excluding hydrogens is 273 g/mol. The van der Waals surface area contributed by atoms with Crippen molar-refractivity contribution in [3.63, 3.8) is 0 Å². The highest BCUT2D eigenvalue weighted by Gasteiger charge is 2.14. The lowest BCUT2D eigenvalue weighted by atomic mass is 10.1. The summed E-state index contributed by atoms with van der Waals surface area (Å²) in [5, 5.41) is 11.8. The fraction of sp³-hybridized carbons (Fsp3) is 0.267. The molecule has 1 aromatic carbocycles. The molecule has 0 fully saturated rings. The molecule has 0 atom stereocenters. The third kappa shape index (κ3) is 2.69. The lowest BCUT2D eigenvalue weighted by molar-refractivity contribution is 0.392.